The summed E-state index contributed by atoms with van der Waals surface area (Å²) in [4.78, 5) is 13.7. The van der Waals surface area contributed by atoms with Gasteiger partial charge in [0.1, 0.15) is 5.75 Å². The highest BCUT2D eigenvalue weighted by Crippen LogP contribution is 2.22. The molecule has 1 saturated heterocycles. The summed E-state index contributed by atoms with van der Waals surface area (Å²) >= 11 is 5.89. The van der Waals surface area contributed by atoms with Gasteiger partial charge >= 0.3 is 0 Å². The van der Waals surface area contributed by atoms with Crippen molar-refractivity contribution >= 4 is 27.3 Å². The van der Waals surface area contributed by atoms with Crippen LogP contribution in [0.1, 0.15) is 24.8 Å². The van der Waals surface area contributed by atoms with E-state index in [-0.39, 0.29) is 23.5 Å². The van der Waals surface area contributed by atoms with Crippen LogP contribution < -0.4 is 4.74 Å². The van der Waals surface area contributed by atoms with Gasteiger partial charge in [0, 0.05) is 24.5 Å². The lowest BCUT2D eigenvalue weighted by molar-refractivity contribution is -0.131. The molecular formula is C16H22ClNO4S. The summed E-state index contributed by atoms with van der Waals surface area (Å²) in [6.07, 6.45) is 1.47. The van der Waals surface area contributed by atoms with E-state index >= 15 is 0 Å². The standard InChI is InChI=1S/C16H22ClNO4S/c1-12-10-13(17)5-6-15(12)22-8-3-4-16(19)18(2)14-7-9-23(20,21)11-14/h5-6,10,14H,3-4,7-9,11H2,1-2H3. The monoisotopic (exact) mass is 359 g/mol. The molecule has 1 heterocycles. The highest BCUT2D eigenvalue weighted by molar-refractivity contribution is 7.91. The van der Waals surface area contributed by atoms with E-state index in [0.29, 0.717) is 30.9 Å². The largest absolute Gasteiger partial charge is 0.493 e. The van der Waals surface area contributed by atoms with E-state index in [9.17, 15) is 13.2 Å². The van der Waals surface area contributed by atoms with Crippen molar-refractivity contribution in [3.8, 4) is 5.75 Å². The van der Waals surface area contributed by atoms with Crippen molar-refractivity contribution in [1.29, 1.82) is 0 Å². The Morgan fingerprint density at radius 3 is 2.78 bits per heavy atom. The number of sulfone groups is 1. The summed E-state index contributed by atoms with van der Waals surface area (Å²) in [5.41, 5.74) is 0.956. The van der Waals surface area contributed by atoms with Gasteiger partial charge in [-0.25, -0.2) is 8.42 Å². The Bertz CT molecular complexity index is 675. The van der Waals surface area contributed by atoms with Gasteiger partial charge < -0.3 is 9.64 Å². The molecule has 0 saturated carbocycles. The van der Waals surface area contributed by atoms with Crippen molar-refractivity contribution in [2.75, 3.05) is 25.2 Å². The average molecular weight is 360 g/mol. The first-order valence-corrected chi connectivity index (χ1v) is 9.83. The van der Waals surface area contributed by atoms with Crippen LogP contribution in [0.25, 0.3) is 0 Å². The fraction of sp³-hybridized carbons (Fsp3) is 0.562. The number of halogens is 1. The third kappa shape index (κ3) is 5.11. The van der Waals surface area contributed by atoms with E-state index < -0.39 is 9.84 Å². The summed E-state index contributed by atoms with van der Waals surface area (Å²) in [6, 6.07) is 5.22. The van der Waals surface area contributed by atoms with Crippen molar-refractivity contribution in [3.63, 3.8) is 0 Å². The molecule has 1 atom stereocenters. The highest BCUT2D eigenvalue weighted by Gasteiger charge is 2.32. The molecule has 0 aliphatic carbocycles. The van der Waals surface area contributed by atoms with E-state index in [1.165, 1.54) is 0 Å². The van der Waals surface area contributed by atoms with E-state index in [2.05, 4.69) is 0 Å². The molecule has 1 fully saturated rings. The van der Waals surface area contributed by atoms with Crippen LogP contribution in [0.5, 0.6) is 5.75 Å². The van der Waals surface area contributed by atoms with Crippen molar-refractivity contribution in [2.45, 2.75) is 32.2 Å². The lowest BCUT2D eigenvalue weighted by Crippen LogP contribution is -2.37. The van der Waals surface area contributed by atoms with Gasteiger partial charge in [0.15, 0.2) is 9.84 Å². The number of benzene rings is 1. The minimum absolute atomic E-state index is 0.0384. The molecule has 1 aliphatic rings. The normalized spacial score (nSPS) is 19.5. The van der Waals surface area contributed by atoms with Crippen LogP contribution in [-0.2, 0) is 14.6 Å². The molecule has 1 aliphatic heterocycles. The number of nitrogens with zero attached hydrogens (tertiary/aromatic N) is 1. The van der Waals surface area contributed by atoms with Crippen LogP contribution in [0.2, 0.25) is 5.02 Å². The van der Waals surface area contributed by atoms with Crippen LogP contribution in [0.4, 0.5) is 0 Å². The van der Waals surface area contributed by atoms with Crippen molar-refractivity contribution in [2.24, 2.45) is 0 Å². The molecule has 0 radical (unpaired) electrons. The Morgan fingerprint density at radius 2 is 2.17 bits per heavy atom. The number of hydrogen-bond acceptors (Lipinski definition) is 4. The number of ether oxygens (including phenoxy) is 1. The minimum atomic E-state index is -2.97. The maximum Gasteiger partial charge on any atom is 0.222 e. The van der Waals surface area contributed by atoms with E-state index in [0.717, 1.165) is 11.3 Å². The Morgan fingerprint density at radius 1 is 1.43 bits per heavy atom. The van der Waals surface area contributed by atoms with Crippen LogP contribution in [0.15, 0.2) is 18.2 Å². The maximum atomic E-state index is 12.1. The van der Waals surface area contributed by atoms with Crippen molar-refractivity contribution < 1.29 is 17.9 Å². The Balaban J connectivity index is 1.74. The summed E-state index contributed by atoms with van der Waals surface area (Å²) in [7, 11) is -1.29. The topological polar surface area (TPSA) is 63.7 Å². The molecule has 1 aromatic carbocycles. The molecule has 0 N–H and O–H groups in total. The highest BCUT2D eigenvalue weighted by atomic mass is 35.5. The van der Waals surface area contributed by atoms with Gasteiger partial charge in [0.25, 0.3) is 0 Å². The predicted octanol–water partition coefficient (Wildman–Crippen LogP) is 2.45. The number of rotatable bonds is 6. The molecule has 1 aromatic rings. The first-order chi connectivity index (χ1) is 10.8. The Labute approximate surface area is 142 Å². The van der Waals surface area contributed by atoms with Crippen molar-refractivity contribution in [1.82, 2.24) is 4.90 Å². The molecule has 23 heavy (non-hydrogen) atoms. The number of amides is 1. The molecule has 0 aromatic heterocycles. The second kappa shape index (κ2) is 7.53. The second-order valence-electron chi connectivity index (χ2n) is 5.92. The molecule has 1 unspecified atom stereocenters. The zero-order valence-electron chi connectivity index (χ0n) is 13.4. The quantitative estimate of drug-likeness (QED) is 0.732. The second-order valence-corrected chi connectivity index (χ2v) is 8.59. The number of aryl methyl sites for hydroxylation is 1. The van der Waals surface area contributed by atoms with Gasteiger partial charge in [-0.1, -0.05) is 11.6 Å². The fourth-order valence-corrected chi connectivity index (χ4v) is 4.64. The van der Waals surface area contributed by atoms with Crippen LogP contribution in [0.3, 0.4) is 0 Å². The first kappa shape index (κ1) is 18.1. The zero-order chi connectivity index (χ0) is 17.0. The van der Waals surface area contributed by atoms with Crippen LogP contribution >= 0.6 is 11.6 Å². The molecule has 0 bridgehead atoms. The van der Waals surface area contributed by atoms with E-state index in [1.54, 1.807) is 18.0 Å². The third-order valence-electron chi connectivity index (χ3n) is 4.08. The molecular weight excluding hydrogens is 338 g/mol. The molecule has 0 spiro atoms. The van der Waals surface area contributed by atoms with E-state index in [1.807, 2.05) is 19.1 Å². The van der Waals surface area contributed by atoms with Crippen LogP contribution in [-0.4, -0.2) is 50.4 Å². The third-order valence-corrected chi connectivity index (χ3v) is 6.06. The van der Waals surface area contributed by atoms with Gasteiger partial charge in [0.2, 0.25) is 5.91 Å². The summed E-state index contributed by atoms with van der Waals surface area (Å²) in [6.45, 7) is 2.35. The summed E-state index contributed by atoms with van der Waals surface area (Å²) in [5, 5.41) is 0.665. The number of carbonyl (C=O) groups excluding carboxylic acids is 1. The van der Waals surface area contributed by atoms with Crippen LogP contribution in [0, 0.1) is 6.92 Å². The van der Waals surface area contributed by atoms with Gasteiger partial charge in [-0.05, 0) is 43.5 Å². The molecule has 1 amide bonds. The van der Waals surface area contributed by atoms with Gasteiger partial charge in [0.05, 0.1) is 18.1 Å². The smallest absolute Gasteiger partial charge is 0.222 e. The molecule has 2 rings (SSSR count). The molecule has 7 heteroatoms. The van der Waals surface area contributed by atoms with Gasteiger partial charge in [-0.15, -0.1) is 0 Å². The van der Waals surface area contributed by atoms with Gasteiger partial charge in [-0.2, -0.15) is 0 Å². The Kier molecular flexibility index (Phi) is 5.92. The van der Waals surface area contributed by atoms with Gasteiger partial charge in [-0.3, -0.25) is 4.79 Å². The average Bonchev–Trinajstić information content (AvgIpc) is 2.84. The lowest BCUT2D eigenvalue weighted by Gasteiger charge is -2.23. The number of hydrogen-bond donors (Lipinski definition) is 0. The summed E-state index contributed by atoms with van der Waals surface area (Å²) < 4.78 is 28.6. The SMILES string of the molecule is Cc1cc(Cl)ccc1OCCCC(=O)N(C)C1CCS(=O)(=O)C1. The van der Waals surface area contributed by atoms with Crippen molar-refractivity contribution in [3.05, 3.63) is 28.8 Å². The molecule has 128 valence electrons. The first-order valence-electron chi connectivity index (χ1n) is 7.63. The lowest BCUT2D eigenvalue weighted by atomic mass is 10.2. The fourth-order valence-electron chi connectivity index (χ4n) is 2.64. The number of carbonyl (C=O) groups is 1. The minimum Gasteiger partial charge on any atom is -0.493 e. The van der Waals surface area contributed by atoms with E-state index in [4.69, 9.17) is 16.3 Å². The predicted molar refractivity (Wildman–Crippen MR) is 90.7 cm³/mol. The maximum absolute atomic E-state index is 12.1. The Hall–Kier alpha value is -1.27. The summed E-state index contributed by atoms with van der Waals surface area (Å²) in [5.74, 6) is 0.977. The zero-order valence-corrected chi connectivity index (χ0v) is 15.0. The molecule has 5 nitrogen and oxygen atoms in total.